The van der Waals surface area contributed by atoms with Gasteiger partial charge in [0.05, 0.1) is 5.56 Å². The number of carbonyl (C=O) groups is 1. The van der Waals surface area contributed by atoms with E-state index < -0.39 is 5.97 Å². The number of pyridine rings is 1. The molecule has 0 aliphatic heterocycles. The highest BCUT2D eigenvalue weighted by atomic mass is 79.9. The van der Waals surface area contributed by atoms with Crippen molar-refractivity contribution in [2.75, 3.05) is 0 Å². The third-order valence-electron chi connectivity index (χ3n) is 0.989. The van der Waals surface area contributed by atoms with Crippen molar-refractivity contribution in [3.8, 4) is 0 Å². The average Bonchev–Trinajstić information content (AvgIpc) is 2.08. The number of hydrogen-bond acceptors (Lipinski definition) is 2. The molecule has 1 rings (SSSR count). The van der Waals surface area contributed by atoms with Crippen LogP contribution < -0.4 is 0 Å². The summed E-state index contributed by atoms with van der Waals surface area (Å²) in [4.78, 5) is 14.1. The second-order valence-corrected chi connectivity index (χ2v) is 2.40. The largest absolute Gasteiger partial charge is 0.478 e. The summed E-state index contributed by atoms with van der Waals surface area (Å²) >= 11 is 3.00. The Kier molecular flexibility index (Phi) is 5.28. The lowest BCUT2D eigenvalue weighted by molar-refractivity contribution is 0.0695. The minimum absolute atomic E-state index is 0.183. The van der Waals surface area contributed by atoms with Gasteiger partial charge in [0.15, 0.2) is 0 Å². The number of aromatic carboxylic acids is 1. The van der Waals surface area contributed by atoms with E-state index in [0.29, 0.717) is 4.60 Å². The minimum atomic E-state index is -0.972. The Hall–Kier alpha value is -0.900. The number of carboxylic acid groups (broad SMARTS) is 1. The summed E-state index contributed by atoms with van der Waals surface area (Å²) in [5.41, 5.74) is 0.183. The number of halogens is 1. The maximum absolute atomic E-state index is 10.4. The first-order chi connectivity index (χ1) is 5.72. The van der Waals surface area contributed by atoms with Crippen LogP contribution >= 0.6 is 15.9 Å². The van der Waals surface area contributed by atoms with E-state index in [9.17, 15) is 4.79 Å². The van der Waals surface area contributed by atoms with Gasteiger partial charge >= 0.3 is 5.97 Å². The van der Waals surface area contributed by atoms with Crippen molar-refractivity contribution in [1.29, 1.82) is 0 Å². The molecule has 0 fully saturated rings. The summed E-state index contributed by atoms with van der Waals surface area (Å²) in [7, 11) is 0. The Morgan fingerprint density at radius 2 is 2.17 bits per heavy atom. The van der Waals surface area contributed by atoms with Crippen LogP contribution in [0, 0.1) is 0 Å². The van der Waals surface area contributed by atoms with Crippen LogP contribution in [0.15, 0.2) is 22.9 Å². The molecule has 0 radical (unpaired) electrons. The van der Waals surface area contributed by atoms with E-state index in [1.54, 1.807) is 6.07 Å². The number of nitrogens with zero attached hydrogens (tertiary/aromatic N) is 1. The fourth-order valence-electron chi connectivity index (χ4n) is 0.546. The van der Waals surface area contributed by atoms with Crippen LogP contribution in [0.1, 0.15) is 24.2 Å². The van der Waals surface area contributed by atoms with Gasteiger partial charge in [0.2, 0.25) is 0 Å². The van der Waals surface area contributed by atoms with Crippen LogP contribution in [0.2, 0.25) is 0 Å². The molecule has 1 N–H and O–H groups in total. The molecule has 0 bridgehead atoms. The molecule has 0 atom stereocenters. The normalized spacial score (nSPS) is 8.25. The molecule has 0 spiro atoms. The van der Waals surface area contributed by atoms with Crippen molar-refractivity contribution in [3.05, 3.63) is 28.5 Å². The molecule has 4 heteroatoms. The van der Waals surface area contributed by atoms with Gasteiger partial charge in [0.25, 0.3) is 0 Å². The van der Waals surface area contributed by atoms with E-state index in [-0.39, 0.29) is 5.56 Å². The van der Waals surface area contributed by atoms with E-state index in [0.717, 1.165) is 0 Å². The fraction of sp³-hybridized carbons (Fsp3) is 0.250. The third kappa shape index (κ3) is 3.00. The van der Waals surface area contributed by atoms with E-state index >= 15 is 0 Å². The van der Waals surface area contributed by atoms with Crippen molar-refractivity contribution in [1.82, 2.24) is 4.98 Å². The van der Waals surface area contributed by atoms with Crippen LogP contribution in [0.25, 0.3) is 0 Å². The molecule has 0 aromatic carbocycles. The Labute approximate surface area is 79.6 Å². The Balaban J connectivity index is 0.000000561. The van der Waals surface area contributed by atoms with Gasteiger partial charge in [-0.3, -0.25) is 0 Å². The van der Waals surface area contributed by atoms with Gasteiger partial charge in [0.1, 0.15) is 4.60 Å². The smallest absolute Gasteiger partial charge is 0.338 e. The molecule has 0 saturated heterocycles. The topological polar surface area (TPSA) is 50.2 Å². The monoisotopic (exact) mass is 231 g/mol. The number of aromatic nitrogens is 1. The Morgan fingerprint density at radius 1 is 1.58 bits per heavy atom. The molecule has 1 aromatic rings. The zero-order valence-electron chi connectivity index (χ0n) is 6.91. The van der Waals surface area contributed by atoms with Crippen molar-refractivity contribution >= 4 is 21.9 Å². The first-order valence-corrected chi connectivity index (χ1v) is 4.35. The molecule has 1 heterocycles. The van der Waals surface area contributed by atoms with E-state index in [1.807, 2.05) is 13.8 Å². The summed E-state index contributed by atoms with van der Waals surface area (Å²) < 4.78 is 0.363. The lowest BCUT2D eigenvalue weighted by atomic mass is 10.3. The van der Waals surface area contributed by atoms with Crippen molar-refractivity contribution in [2.24, 2.45) is 0 Å². The summed E-state index contributed by atoms with van der Waals surface area (Å²) in [6.45, 7) is 4.00. The number of rotatable bonds is 1. The molecule has 66 valence electrons. The highest BCUT2D eigenvalue weighted by Crippen LogP contribution is 2.11. The first-order valence-electron chi connectivity index (χ1n) is 3.55. The molecule has 0 amide bonds. The highest BCUT2D eigenvalue weighted by molar-refractivity contribution is 9.10. The van der Waals surface area contributed by atoms with E-state index in [2.05, 4.69) is 20.9 Å². The van der Waals surface area contributed by atoms with Gasteiger partial charge in [-0.05, 0) is 28.1 Å². The molecule has 0 aliphatic carbocycles. The van der Waals surface area contributed by atoms with E-state index in [4.69, 9.17) is 5.11 Å². The predicted molar refractivity (Wildman–Crippen MR) is 50.2 cm³/mol. The van der Waals surface area contributed by atoms with Crippen LogP contribution in [0.4, 0.5) is 0 Å². The van der Waals surface area contributed by atoms with E-state index in [1.165, 1.54) is 12.3 Å². The second-order valence-electron chi connectivity index (χ2n) is 1.65. The predicted octanol–water partition coefficient (Wildman–Crippen LogP) is 2.57. The summed E-state index contributed by atoms with van der Waals surface area (Å²) in [5.74, 6) is -0.972. The standard InChI is InChI=1S/C6H4BrNO2.C2H6/c7-5-4(6(9)10)2-1-3-8-5;1-2/h1-3H,(H,9,10);1-2H3. The van der Waals surface area contributed by atoms with Crippen molar-refractivity contribution in [2.45, 2.75) is 13.8 Å². The minimum Gasteiger partial charge on any atom is -0.478 e. The summed E-state index contributed by atoms with van der Waals surface area (Å²) in [6.07, 6.45) is 1.52. The molecular formula is C8H10BrNO2. The summed E-state index contributed by atoms with van der Waals surface area (Å²) in [6, 6.07) is 3.06. The molecule has 0 aliphatic rings. The zero-order chi connectivity index (χ0) is 9.56. The molecule has 1 aromatic heterocycles. The highest BCUT2D eigenvalue weighted by Gasteiger charge is 2.05. The maximum atomic E-state index is 10.4. The van der Waals surface area contributed by atoms with Gasteiger partial charge < -0.3 is 5.11 Å². The number of carboxylic acids is 1. The lowest BCUT2D eigenvalue weighted by Gasteiger charge is -1.93. The maximum Gasteiger partial charge on any atom is 0.338 e. The lowest BCUT2D eigenvalue weighted by Crippen LogP contribution is -1.97. The van der Waals surface area contributed by atoms with Gasteiger partial charge in [-0.1, -0.05) is 13.8 Å². The first kappa shape index (κ1) is 11.1. The molecule has 0 saturated carbocycles. The van der Waals surface area contributed by atoms with Crippen LogP contribution in [0.3, 0.4) is 0 Å². The third-order valence-corrected chi connectivity index (χ3v) is 1.62. The average molecular weight is 232 g/mol. The number of hydrogen-bond donors (Lipinski definition) is 1. The SMILES string of the molecule is CC.O=C(O)c1cccnc1Br. The van der Waals surface area contributed by atoms with Gasteiger partial charge in [0, 0.05) is 6.20 Å². The van der Waals surface area contributed by atoms with Crippen LogP contribution in [-0.2, 0) is 0 Å². The van der Waals surface area contributed by atoms with Gasteiger partial charge in [-0.25, -0.2) is 9.78 Å². The molecule has 3 nitrogen and oxygen atoms in total. The fourth-order valence-corrected chi connectivity index (χ4v) is 0.966. The van der Waals surface area contributed by atoms with Crippen molar-refractivity contribution < 1.29 is 9.90 Å². The Bertz CT molecular complexity index is 263. The molecular weight excluding hydrogens is 222 g/mol. The Morgan fingerprint density at radius 3 is 2.50 bits per heavy atom. The zero-order valence-corrected chi connectivity index (χ0v) is 8.50. The van der Waals surface area contributed by atoms with Gasteiger partial charge in [-0.15, -0.1) is 0 Å². The molecule has 0 unspecified atom stereocenters. The van der Waals surface area contributed by atoms with Crippen LogP contribution in [0.5, 0.6) is 0 Å². The summed E-state index contributed by atoms with van der Waals surface area (Å²) in [5, 5.41) is 8.50. The van der Waals surface area contributed by atoms with Gasteiger partial charge in [-0.2, -0.15) is 0 Å². The second kappa shape index (κ2) is 5.71. The quantitative estimate of drug-likeness (QED) is 0.757. The van der Waals surface area contributed by atoms with Crippen molar-refractivity contribution in [3.63, 3.8) is 0 Å². The molecule has 12 heavy (non-hydrogen) atoms. The van der Waals surface area contributed by atoms with Crippen LogP contribution in [-0.4, -0.2) is 16.1 Å².